The number of fused-ring (bicyclic) bond motifs is 1. The third-order valence-electron chi connectivity index (χ3n) is 4.76. The van der Waals surface area contributed by atoms with Crippen LogP contribution in [0.15, 0.2) is 30.3 Å². The maximum atomic E-state index is 14.1. The highest BCUT2D eigenvalue weighted by Crippen LogP contribution is 2.36. The van der Waals surface area contributed by atoms with Gasteiger partial charge in [0.2, 0.25) is 0 Å². The average Bonchev–Trinajstić information content (AvgIpc) is 2.94. The number of aromatic nitrogens is 1. The van der Waals surface area contributed by atoms with Crippen molar-refractivity contribution in [2.45, 2.75) is 26.7 Å². The Morgan fingerprint density at radius 1 is 1.21 bits per heavy atom. The van der Waals surface area contributed by atoms with Crippen LogP contribution in [0.1, 0.15) is 41.4 Å². The number of ether oxygens (including phenoxy) is 1. The number of carbonyl (C=O) groups is 2. The van der Waals surface area contributed by atoms with Crippen molar-refractivity contribution in [1.82, 2.24) is 4.57 Å². The number of rotatable bonds is 4. The SMILES string of the molecule is CCOC(=O)[C@@H](C)c1c(C)n(C(=O)c2ccc(Cl)c(Cl)c2)c2cc(F)c(O)cc12. The number of phenolic OH excluding ortho intramolecular Hbond substituents is 1. The lowest BCUT2D eigenvalue weighted by atomic mass is 9.98. The van der Waals surface area contributed by atoms with Crippen LogP contribution in [-0.4, -0.2) is 28.2 Å². The first-order valence-electron chi connectivity index (χ1n) is 8.87. The van der Waals surface area contributed by atoms with Gasteiger partial charge in [-0.05, 0) is 50.6 Å². The first-order chi connectivity index (χ1) is 13.7. The van der Waals surface area contributed by atoms with E-state index in [2.05, 4.69) is 0 Å². The van der Waals surface area contributed by atoms with Crippen LogP contribution in [0.4, 0.5) is 4.39 Å². The second kappa shape index (κ2) is 8.05. The van der Waals surface area contributed by atoms with Gasteiger partial charge in [0.05, 0.1) is 28.1 Å². The van der Waals surface area contributed by atoms with Crippen molar-refractivity contribution < 1.29 is 23.8 Å². The fourth-order valence-corrected chi connectivity index (χ4v) is 3.70. The van der Waals surface area contributed by atoms with Crippen LogP contribution in [0.25, 0.3) is 10.9 Å². The number of benzene rings is 2. The van der Waals surface area contributed by atoms with Gasteiger partial charge in [0, 0.05) is 22.7 Å². The standard InChI is InChI=1S/C21H18Cl2FNO4/c1-4-29-21(28)10(2)19-11(3)25(17-9-16(24)18(26)8-13(17)19)20(27)12-5-6-14(22)15(23)7-12/h5-10,26H,4H2,1-3H3/t10-/m0/s1. The summed E-state index contributed by atoms with van der Waals surface area (Å²) in [5, 5.41) is 10.8. The molecule has 0 saturated carbocycles. The van der Waals surface area contributed by atoms with Gasteiger partial charge in [0.1, 0.15) is 0 Å². The van der Waals surface area contributed by atoms with Gasteiger partial charge in [-0.1, -0.05) is 23.2 Å². The van der Waals surface area contributed by atoms with Crippen LogP contribution in [0.3, 0.4) is 0 Å². The first kappa shape index (κ1) is 21.1. The predicted molar refractivity (Wildman–Crippen MR) is 110 cm³/mol. The summed E-state index contributed by atoms with van der Waals surface area (Å²) in [6.45, 7) is 5.17. The lowest BCUT2D eigenvalue weighted by Gasteiger charge is -2.12. The smallest absolute Gasteiger partial charge is 0.313 e. The molecule has 2 aromatic carbocycles. The zero-order valence-electron chi connectivity index (χ0n) is 15.9. The third kappa shape index (κ3) is 3.70. The van der Waals surface area contributed by atoms with Gasteiger partial charge in [-0.3, -0.25) is 14.2 Å². The van der Waals surface area contributed by atoms with Crippen LogP contribution in [0, 0.1) is 12.7 Å². The largest absolute Gasteiger partial charge is 0.505 e. The van der Waals surface area contributed by atoms with E-state index in [9.17, 15) is 19.1 Å². The highest BCUT2D eigenvalue weighted by Gasteiger charge is 2.28. The maximum Gasteiger partial charge on any atom is 0.313 e. The van der Waals surface area contributed by atoms with E-state index in [4.69, 9.17) is 27.9 Å². The second-order valence-electron chi connectivity index (χ2n) is 6.56. The molecule has 0 bridgehead atoms. The number of esters is 1. The lowest BCUT2D eigenvalue weighted by Crippen LogP contribution is -2.16. The van der Waals surface area contributed by atoms with Gasteiger partial charge >= 0.3 is 5.97 Å². The summed E-state index contributed by atoms with van der Waals surface area (Å²) in [5.41, 5.74) is 1.37. The topological polar surface area (TPSA) is 68.5 Å². The molecule has 0 aliphatic heterocycles. The number of phenols is 1. The molecule has 0 spiro atoms. The summed E-state index contributed by atoms with van der Waals surface area (Å²) in [6, 6.07) is 6.69. The fraction of sp³-hybridized carbons (Fsp3) is 0.238. The molecule has 0 radical (unpaired) electrons. The van der Waals surface area contributed by atoms with Crippen LogP contribution in [0.5, 0.6) is 5.75 Å². The normalized spacial score (nSPS) is 12.2. The Bertz CT molecular complexity index is 1140. The molecular formula is C21H18Cl2FNO4. The minimum absolute atomic E-state index is 0.197. The van der Waals surface area contributed by atoms with E-state index in [-0.39, 0.29) is 22.7 Å². The highest BCUT2D eigenvalue weighted by atomic mass is 35.5. The van der Waals surface area contributed by atoms with Gasteiger partial charge in [-0.25, -0.2) is 4.39 Å². The van der Waals surface area contributed by atoms with E-state index in [1.807, 2.05) is 0 Å². The molecule has 0 aliphatic rings. The Balaban J connectivity index is 2.28. The molecule has 1 N–H and O–H groups in total. The van der Waals surface area contributed by atoms with Crippen molar-refractivity contribution in [3.05, 3.63) is 63.0 Å². The van der Waals surface area contributed by atoms with Gasteiger partial charge in [-0.15, -0.1) is 0 Å². The minimum atomic E-state index is -0.881. The number of hydrogen-bond donors (Lipinski definition) is 1. The van der Waals surface area contributed by atoms with E-state index < -0.39 is 29.4 Å². The van der Waals surface area contributed by atoms with E-state index in [1.54, 1.807) is 20.8 Å². The Morgan fingerprint density at radius 3 is 2.52 bits per heavy atom. The zero-order valence-corrected chi connectivity index (χ0v) is 17.4. The van der Waals surface area contributed by atoms with Crippen molar-refractivity contribution in [3.63, 3.8) is 0 Å². The zero-order chi connectivity index (χ0) is 21.5. The average molecular weight is 438 g/mol. The Hall–Kier alpha value is -2.57. The van der Waals surface area contributed by atoms with Crippen molar-refractivity contribution in [3.8, 4) is 5.75 Å². The molecule has 0 aliphatic carbocycles. The summed E-state index contributed by atoms with van der Waals surface area (Å²) >= 11 is 12.0. The Morgan fingerprint density at radius 2 is 1.90 bits per heavy atom. The van der Waals surface area contributed by atoms with Crippen molar-refractivity contribution in [2.75, 3.05) is 6.61 Å². The first-order valence-corrected chi connectivity index (χ1v) is 9.62. The number of carbonyl (C=O) groups excluding carboxylic acids is 2. The van der Waals surface area contributed by atoms with Gasteiger partial charge < -0.3 is 9.84 Å². The van der Waals surface area contributed by atoms with Crippen molar-refractivity contribution in [2.24, 2.45) is 0 Å². The van der Waals surface area contributed by atoms with Crippen LogP contribution in [-0.2, 0) is 9.53 Å². The Labute approximate surface area is 176 Å². The van der Waals surface area contributed by atoms with Crippen LogP contribution >= 0.6 is 23.2 Å². The summed E-state index contributed by atoms with van der Waals surface area (Å²) in [6.07, 6.45) is 0. The molecule has 0 unspecified atom stereocenters. The molecular weight excluding hydrogens is 420 g/mol. The molecule has 152 valence electrons. The maximum absolute atomic E-state index is 14.1. The molecule has 29 heavy (non-hydrogen) atoms. The minimum Gasteiger partial charge on any atom is -0.505 e. The predicted octanol–water partition coefficient (Wildman–Crippen LogP) is 5.46. The quantitative estimate of drug-likeness (QED) is 0.550. The summed E-state index contributed by atoms with van der Waals surface area (Å²) in [5.74, 6) is -3.15. The molecule has 5 nitrogen and oxygen atoms in total. The van der Waals surface area contributed by atoms with Crippen molar-refractivity contribution >= 4 is 46.0 Å². The van der Waals surface area contributed by atoms with Gasteiger partial charge in [0.25, 0.3) is 5.91 Å². The molecule has 3 aromatic rings. The molecule has 1 aromatic heterocycles. The van der Waals surface area contributed by atoms with Crippen LogP contribution in [0.2, 0.25) is 10.0 Å². The lowest BCUT2D eigenvalue weighted by molar-refractivity contribution is -0.144. The molecule has 1 heterocycles. The number of hydrogen-bond acceptors (Lipinski definition) is 4. The molecule has 0 amide bonds. The molecule has 0 saturated heterocycles. The summed E-state index contributed by atoms with van der Waals surface area (Å²) in [7, 11) is 0. The molecule has 3 rings (SSSR count). The van der Waals surface area contributed by atoms with E-state index in [0.29, 0.717) is 21.7 Å². The van der Waals surface area contributed by atoms with Crippen molar-refractivity contribution in [1.29, 1.82) is 0 Å². The van der Waals surface area contributed by atoms with E-state index >= 15 is 0 Å². The molecule has 0 fully saturated rings. The summed E-state index contributed by atoms with van der Waals surface area (Å²) < 4.78 is 20.5. The van der Waals surface area contributed by atoms with Gasteiger partial charge in [0.15, 0.2) is 11.6 Å². The number of nitrogens with zero attached hydrogens (tertiary/aromatic N) is 1. The third-order valence-corrected chi connectivity index (χ3v) is 5.50. The number of aromatic hydroxyl groups is 1. The highest BCUT2D eigenvalue weighted by molar-refractivity contribution is 6.42. The number of halogens is 3. The molecule has 8 heteroatoms. The fourth-order valence-electron chi connectivity index (χ4n) is 3.40. The summed E-state index contributed by atoms with van der Waals surface area (Å²) in [4.78, 5) is 25.6. The van der Waals surface area contributed by atoms with Crippen LogP contribution < -0.4 is 0 Å². The monoisotopic (exact) mass is 437 g/mol. The Kier molecular flexibility index (Phi) is 5.87. The second-order valence-corrected chi connectivity index (χ2v) is 7.38. The van der Waals surface area contributed by atoms with E-state index in [0.717, 1.165) is 6.07 Å². The van der Waals surface area contributed by atoms with E-state index in [1.165, 1.54) is 28.8 Å². The van der Waals surface area contributed by atoms with Gasteiger partial charge in [-0.2, -0.15) is 0 Å². The molecule has 1 atom stereocenters.